The van der Waals surface area contributed by atoms with E-state index in [9.17, 15) is 9.59 Å². The van der Waals surface area contributed by atoms with Gasteiger partial charge in [0.05, 0.1) is 35.7 Å². The van der Waals surface area contributed by atoms with Crippen LogP contribution in [0.15, 0.2) is 155 Å². The van der Waals surface area contributed by atoms with Gasteiger partial charge in [0.1, 0.15) is 23.0 Å². The summed E-state index contributed by atoms with van der Waals surface area (Å²) in [7, 11) is 0. The van der Waals surface area contributed by atoms with E-state index in [2.05, 4.69) is 63.7 Å². The van der Waals surface area contributed by atoms with Crippen molar-refractivity contribution in [3.63, 3.8) is 0 Å². The van der Waals surface area contributed by atoms with E-state index in [1.165, 1.54) is 30.1 Å². The Kier molecular flexibility index (Phi) is 18.5. The topological polar surface area (TPSA) is 95.8 Å². The molecule has 0 fully saturated rings. The molecule has 0 aromatic heterocycles. The van der Waals surface area contributed by atoms with Crippen LogP contribution in [0.1, 0.15) is 112 Å². The highest BCUT2D eigenvalue weighted by atomic mass is 16.5. The summed E-state index contributed by atoms with van der Waals surface area (Å²) >= 11 is 0. The molecule has 5 aromatic rings. The second-order valence-electron chi connectivity index (χ2n) is 16.2. The van der Waals surface area contributed by atoms with Gasteiger partial charge < -0.3 is 18.9 Å². The van der Waals surface area contributed by atoms with Crippen LogP contribution in [0.3, 0.4) is 0 Å². The van der Waals surface area contributed by atoms with Crippen molar-refractivity contribution in [3.8, 4) is 23.0 Å². The van der Waals surface area contributed by atoms with E-state index in [1.807, 2.05) is 48.5 Å². The van der Waals surface area contributed by atoms with Crippen LogP contribution in [0.25, 0.3) is 0 Å². The number of ether oxygens (including phenoxy) is 4. The summed E-state index contributed by atoms with van der Waals surface area (Å²) in [5, 5.41) is 0. The fraction of sp³-hybridized carbons (Fsp3) is 0.296. The van der Waals surface area contributed by atoms with Crippen molar-refractivity contribution in [1.82, 2.24) is 0 Å². The summed E-state index contributed by atoms with van der Waals surface area (Å²) in [6, 6.07) is 35.8. The quantitative estimate of drug-likeness (QED) is 0.0298. The summed E-state index contributed by atoms with van der Waals surface area (Å²) in [5.41, 5.74) is 6.72. The molecule has 0 spiro atoms. The van der Waals surface area contributed by atoms with Crippen molar-refractivity contribution >= 4 is 35.7 Å². The molecule has 322 valence electrons. The highest BCUT2D eigenvalue weighted by Crippen LogP contribution is 2.24. The molecule has 5 rings (SSSR count). The molecule has 0 saturated carbocycles. The summed E-state index contributed by atoms with van der Waals surface area (Å²) in [5.74, 6) is 2.29. The van der Waals surface area contributed by atoms with Crippen molar-refractivity contribution in [2.45, 2.75) is 80.1 Å². The smallest absolute Gasteiger partial charge is 0.343 e. The molecule has 0 amide bonds. The molecule has 0 heterocycles. The van der Waals surface area contributed by atoms with Gasteiger partial charge in [-0.05, 0) is 174 Å². The standard InChI is InChI=1S/C54H60N2O6/c1-39(2)10-7-12-41(5)32-34-59-49-28-24-47(25-29-49)55-37-43-16-20-45(21-17-43)53(57)61-51-14-9-15-52(36-51)62-54(58)46-22-18-44(19-23-46)38-56-48-26-30-50(31-27-48)60-35-33-42(6)13-8-11-40(3)4/h9-11,14-31,36-38,41-42H,7-8,12-13,32-35H2,1-6H3. The van der Waals surface area contributed by atoms with Gasteiger partial charge in [0, 0.05) is 18.5 Å². The van der Waals surface area contributed by atoms with Gasteiger partial charge in [0.15, 0.2) is 0 Å². The fourth-order valence-electron chi connectivity index (χ4n) is 6.26. The van der Waals surface area contributed by atoms with E-state index in [1.54, 1.807) is 79.2 Å². The molecule has 0 aliphatic heterocycles. The zero-order valence-corrected chi connectivity index (χ0v) is 37.0. The zero-order chi connectivity index (χ0) is 44.1. The van der Waals surface area contributed by atoms with Gasteiger partial charge in [-0.2, -0.15) is 0 Å². The fourth-order valence-corrected chi connectivity index (χ4v) is 6.26. The Morgan fingerprint density at radius 3 is 1.26 bits per heavy atom. The second-order valence-corrected chi connectivity index (χ2v) is 16.2. The first-order valence-electron chi connectivity index (χ1n) is 21.5. The van der Waals surface area contributed by atoms with Crippen molar-refractivity contribution in [2.24, 2.45) is 21.8 Å². The van der Waals surface area contributed by atoms with Gasteiger partial charge in [0.25, 0.3) is 0 Å². The Labute approximate surface area is 368 Å². The number of rotatable bonds is 22. The third kappa shape index (κ3) is 16.8. The lowest BCUT2D eigenvalue weighted by atomic mass is 10.0. The highest BCUT2D eigenvalue weighted by molar-refractivity contribution is 5.93. The van der Waals surface area contributed by atoms with Crippen LogP contribution in [0.2, 0.25) is 0 Å². The number of carbonyl (C=O) groups excluding carboxylic acids is 2. The molecule has 8 heteroatoms. The summed E-state index contributed by atoms with van der Waals surface area (Å²) < 4.78 is 23.1. The SMILES string of the molecule is CC(C)=CCCC(C)CCOc1ccc(N=Cc2ccc(C(=O)Oc3cccc(OC(=O)c4ccc(C=Nc5ccc(OCCC(C)CCC=C(C)C)cc5)cc4)c3)cc2)cc1. The first-order valence-corrected chi connectivity index (χ1v) is 21.5. The minimum atomic E-state index is -0.539. The number of aliphatic imine (C=N–C) groups is 2. The van der Waals surface area contributed by atoms with Crippen LogP contribution in [0.4, 0.5) is 11.4 Å². The van der Waals surface area contributed by atoms with Crippen LogP contribution >= 0.6 is 0 Å². The Bertz CT molecular complexity index is 2120. The van der Waals surface area contributed by atoms with Gasteiger partial charge >= 0.3 is 11.9 Å². The number of benzene rings is 5. The summed E-state index contributed by atoms with van der Waals surface area (Å²) in [4.78, 5) is 35.1. The molecular formula is C54H60N2O6. The predicted molar refractivity (Wildman–Crippen MR) is 253 cm³/mol. The molecule has 62 heavy (non-hydrogen) atoms. The van der Waals surface area contributed by atoms with Crippen molar-refractivity contribution in [1.29, 1.82) is 0 Å². The minimum Gasteiger partial charge on any atom is -0.494 e. The van der Waals surface area contributed by atoms with Crippen molar-refractivity contribution < 1.29 is 28.5 Å². The molecule has 2 unspecified atom stereocenters. The lowest BCUT2D eigenvalue weighted by Crippen LogP contribution is -2.10. The Morgan fingerprint density at radius 1 is 0.500 bits per heavy atom. The number of esters is 2. The zero-order valence-electron chi connectivity index (χ0n) is 37.0. The van der Waals surface area contributed by atoms with E-state index >= 15 is 0 Å². The molecule has 2 atom stereocenters. The molecule has 0 aliphatic carbocycles. The molecule has 5 aromatic carbocycles. The molecule has 0 bridgehead atoms. The predicted octanol–water partition coefficient (Wildman–Crippen LogP) is 13.9. The largest absolute Gasteiger partial charge is 0.494 e. The molecule has 0 aliphatic rings. The van der Waals surface area contributed by atoms with Crippen LogP contribution in [0, 0.1) is 11.8 Å². The van der Waals surface area contributed by atoms with Crippen LogP contribution in [-0.4, -0.2) is 37.6 Å². The van der Waals surface area contributed by atoms with E-state index in [4.69, 9.17) is 18.9 Å². The average molecular weight is 833 g/mol. The van der Waals surface area contributed by atoms with Gasteiger partial charge in [-0.15, -0.1) is 0 Å². The number of allylic oxidation sites excluding steroid dienone is 4. The van der Waals surface area contributed by atoms with Crippen molar-refractivity contribution in [2.75, 3.05) is 13.2 Å². The van der Waals surface area contributed by atoms with Crippen LogP contribution in [-0.2, 0) is 0 Å². The Balaban J connectivity index is 1.03. The number of hydrogen-bond acceptors (Lipinski definition) is 8. The molecule has 0 saturated heterocycles. The van der Waals surface area contributed by atoms with Gasteiger partial charge in [0.2, 0.25) is 0 Å². The van der Waals surface area contributed by atoms with E-state index in [-0.39, 0.29) is 11.5 Å². The minimum absolute atomic E-state index is 0.249. The molecule has 0 N–H and O–H groups in total. The van der Waals surface area contributed by atoms with Crippen LogP contribution < -0.4 is 18.9 Å². The third-order valence-corrected chi connectivity index (χ3v) is 10.1. The Morgan fingerprint density at radius 2 is 0.887 bits per heavy atom. The maximum atomic E-state index is 13.0. The lowest BCUT2D eigenvalue weighted by Gasteiger charge is -2.11. The van der Waals surface area contributed by atoms with Crippen LogP contribution in [0.5, 0.6) is 23.0 Å². The molecule has 0 radical (unpaired) electrons. The maximum absolute atomic E-state index is 13.0. The lowest BCUT2D eigenvalue weighted by molar-refractivity contribution is 0.0732. The van der Waals surface area contributed by atoms with Gasteiger partial charge in [-0.25, -0.2) is 9.59 Å². The van der Waals surface area contributed by atoms with E-state index in [0.717, 1.165) is 59.7 Å². The summed E-state index contributed by atoms with van der Waals surface area (Å²) in [6.07, 6.45) is 14.6. The average Bonchev–Trinajstić information content (AvgIpc) is 3.26. The normalized spacial score (nSPS) is 12.1. The first kappa shape index (κ1) is 46.5. The number of carbonyl (C=O) groups is 2. The number of nitrogens with zero attached hydrogens (tertiary/aromatic N) is 2. The first-order chi connectivity index (χ1) is 30.0. The molecular weight excluding hydrogens is 773 g/mol. The number of hydrogen-bond donors (Lipinski definition) is 0. The highest BCUT2D eigenvalue weighted by Gasteiger charge is 2.13. The maximum Gasteiger partial charge on any atom is 0.343 e. The van der Waals surface area contributed by atoms with Gasteiger partial charge in [-0.1, -0.05) is 67.5 Å². The Hall–Kier alpha value is -6.54. The van der Waals surface area contributed by atoms with Gasteiger partial charge in [-0.3, -0.25) is 9.98 Å². The monoisotopic (exact) mass is 832 g/mol. The van der Waals surface area contributed by atoms with E-state index < -0.39 is 11.9 Å². The van der Waals surface area contributed by atoms with E-state index in [0.29, 0.717) is 36.2 Å². The molecule has 8 nitrogen and oxygen atoms in total. The summed E-state index contributed by atoms with van der Waals surface area (Å²) in [6.45, 7) is 14.4. The third-order valence-electron chi connectivity index (χ3n) is 10.1. The van der Waals surface area contributed by atoms with Crippen molar-refractivity contribution in [3.05, 3.63) is 167 Å². The second kappa shape index (κ2) is 24.7.